The lowest BCUT2D eigenvalue weighted by molar-refractivity contribution is 0.282. The van der Waals surface area contributed by atoms with E-state index in [1.807, 2.05) is 20.0 Å². The predicted octanol–water partition coefficient (Wildman–Crippen LogP) is 2.28. The SMILES string of the molecule is CCc1cc(COc2c(N)cccc2F)n(C)n1. The van der Waals surface area contributed by atoms with E-state index < -0.39 is 5.82 Å². The number of halogens is 1. The van der Waals surface area contributed by atoms with E-state index in [0.717, 1.165) is 17.8 Å². The summed E-state index contributed by atoms with van der Waals surface area (Å²) in [7, 11) is 1.84. The second-order valence-electron chi connectivity index (χ2n) is 4.05. The van der Waals surface area contributed by atoms with Crippen LogP contribution in [0.5, 0.6) is 5.75 Å². The zero-order valence-corrected chi connectivity index (χ0v) is 10.5. The van der Waals surface area contributed by atoms with E-state index in [1.54, 1.807) is 16.8 Å². The molecule has 0 radical (unpaired) electrons. The van der Waals surface area contributed by atoms with Gasteiger partial charge in [-0.3, -0.25) is 4.68 Å². The fourth-order valence-corrected chi connectivity index (χ4v) is 1.70. The Morgan fingerprint density at radius 1 is 1.44 bits per heavy atom. The number of aryl methyl sites for hydroxylation is 2. The Morgan fingerprint density at radius 3 is 2.83 bits per heavy atom. The van der Waals surface area contributed by atoms with E-state index in [1.165, 1.54) is 6.07 Å². The van der Waals surface area contributed by atoms with E-state index in [-0.39, 0.29) is 12.4 Å². The molecule has 0 atom stereocenters. The molecule has 0 aliphatic rings. The first kappa shape index (κ1) is 12.4. The van der Waals surface area contributed by atoms with Crippen LogP contribution in [0.4, 0.5) is 10.1 Å². The van der Waals surface area contributed by atoms with Gasteiger partial charge in [0.05, 0.1) is 17.1 Å². The van der Waals surface area contributed by atoms with Gasteiger partial charge in [-0.2, -0.15) is 5.10 Å². The number of aromatic nitrogens is 2. The van der Waals surface area contributed by atoms with Crippen LogP contribution in [0.1, 0.15) is 18.3 Å². The average molecular weight is 249 g/mol. The lowest BCUT2D eigenvalue weighted by atomic mass is 10.3. The zero-order chi connectivity index (χ0) is 13.1. The number of hydrogen-bond acceptors (Lipinski definition) is 3. The highest BCUT2D eigenvalue weighted by molar-refractivity contribution is 5.52. The molecule has 96 valence electrons. The number of nitrogens with two attached hydrogens (primary N) is 1. The molecule has 1 aromatic heterocycles. The minimum absolute atomic E-state index is 0.0942. The van der Waals surface area contributed by atoms with Gasteiger partial charge >= 0.3 is 0 Å². The van der Waals surface area contributed by atoms with E-state index in [4.69, 9.17) is 10.5 Å². The van der Waals surface area contributed by atoms with E-state index in [0.29, 0.717) is 5.69 Å². The van der Waals surface area contributed by atoms with Crippen LogP contribution in [-0.2, 0) is 20.1 Å². The second-order valence-corrected chi connectivity index (χ2v) is 4.05. The third kappa shape index (κ3) is 2.45. The number of hydrogen-bond donors (Lipinski definition) is 1. The van der Waals surface area contributed by atoms with Gasteiger partial charge in [-0.15, -0.1) is 0 Å². The number of anilines is 1. The van der Waals surface area contributed by atoms with Gasteiger partial charge in [0.1, 0.15) is 6.61 Å². The molecule has 0 aliphatic carbocycles. The van der Waals surface area contributed by atoms with Gasteiger partial charge in [0.25, 0.3) is 0 Å². The molecule has 2 N–H and O–H groups in total. The van der Waals surface area contributed by atoms with Gasteiger partial charge in [-0.25, -0.2) is 4.39 Å². The number of nitrogens with zero attached hydrogens (tertiary/aromatic N) is 2. The van der Waals surface area contributed by atoms with Crippen molar-refractivity contribution < 1.29 is 9.13 Å². The molecule has 0 spiro atoms. The lowest BCUT2D eigenvalue weighted by Gasteiger charge is -2.09. The largest absolute Gasteiger partial charge is 0.482 e. The maximum atomic E-state index is 13.5. The van der Waals surface area contributed by atoms with Crippen LogP contribution in [0.2, 0.25) is 0 Å². The van der Waals surface area contributed by atoms with Gasteiger partial charge in [0, 0.05) is 7.05 Å². The van der Waals surface area contributed by atoms with Crippen LogP contribution in [-0.4, -0.2) is 9.78 Å². The molecule has 0 amide bonds. The summed E-state index contributed by atoms with van der Waals surface area (Å²) >= 11 is 0. The average Bonchev–Trinajstić information content (AvgIpc) is 2.70. The fraction of sp³-hybridized carbons (Fsp3) is 0.308. The molecule has 0 bridgehead atoms. The molecule has 2 aromatic rings. The van der Waals surface area contributed by atoms with Gasteiger partial charge in [-0.1, -0.05) is 13.0 Å². The molecule has 0 saturated carbocycles. The molecule has 2 rings (SSSR count). The molecular formula is C13H16FN3O. The zero-order valence-electron chi connectivity index (χ0n) is 10.5. The summed E-state index contributed by atoms with van der Waals surface area (Å²) in [5.74, 6) is -0.357. The topological polar surface area (TPSA) is 53.1 Å². The Labute approximate surface area is 105 Å². The fourth-order valence-electron chi connectivity index (χ4n) is 1.70. The van der Waals surface area contributed by atoms with Crippen LogP contribution in [0.25, 0.3) is 0 Å². The van der Waals surface area contributed by atoms with Crippen molar-refractivity contribution >= 4 is 5.69 Å². The van der Waals surface area contributed by atoms with Gasteiger partial charge < -0.3 is 10.5 Å². The van der Waals surface area contributed by atoms with Crippen molar-refractivity contribution in [1.82, 2.24) is 9.78 Å². The molecule has 1 aromatic carbocycles. The summed E-state index contributed by atoms with van der Waals surface area (Å²) in [5.41, 5.74) is 7.83. The van der Waals surface area contributed by atoms with Crippen molar-refractivity contribution in [2.45, 2.75) is 20.0 Å². The summed E-state index contributed by atoms with van der Waals surface area (Å²) in [6, 6.07) is 6.43. The summed E-state index contributed by atoms with van der Waals surface area (Å²) in [4.78, 5) is 0. The number of para-hydroxylation sites is 1. The molecule has 0 unspecified atom stereocenters. The Kier molecular flexibility index (Phi) is 3.50. The maximum absolute atomic E-state index is 13.5. The van der Waals surface area contributed by atoms with Crippen LogP contribution >= 0.6 is 0 Å². The Morgan fingerprint density at radius 2 is 2.22 bits per heavy atom. The minimum Gasteiger partial charge on any atom is -0.482 e. The normalized spacial score (nSPS) is 10.6. The minimum atomic E-state index is -0.451. The van der Waals surface area contributed by atoms with Gasteiger partial charge in [0.2, 0.25) is 0 Å². The van der Waals surface area contributed by atoms with Crippen molar-refractivity contribution in [1.29, 1.82) is 0 Å². The van der Waals surface area contributed by atoms with E-state index in [2.05, 4.69) is 5.10 Å². The standard InChI is InChI=1S/C13H16FN3O/c1-3-9-7-10(17(2)16-9)8-18-13-11(14)5-4-6-12(13)15/h4-7H,3,8,15H2,1-2H3. The highest BCUT2D eigenvalue weighted by atomic mass is 19.1. The van der Waals surface area contributed by atoms with Gasteiger partial charge in [0.15, 0.2) is 11.6 Å². The third-order valence-electron chi connectivity index (χ3n) is 2.75. The molecule has 0 fully saturated rings. The monoisotopic (exact) mass is 249 g/mol. The quantitative estimate of drug-likeness (QED) is 0.846. The first-order valence-electron chi connectivity index (χ1n) is 5.80. The first-order valence-corrected chi connectivity index (χ1v) is 5.80. The summed E-state index contributed by atoms with van der Waals surface area (Å²) in [6.45, 7) is 2.27. The highest BCUT2D eigenvalue weighted by Gasteiger charge is 2.09. The van der Waals surface area contributed by atoms with Crippen LogP contribution < -0.4 is 10.5 Å². The van der Waals surface area contributed by atoms with Crippen molar-refractivity contribution in [2.75, 3.05) is 5.73 Å². The number of rotatable bonds is 4. The second kappa shape index (κ2) is 5.08. The smallest absolute Gasteiger partial charge is 0.178 e. The lowest BCUT2D eigenvalue weighted by Crippen LogP contribution is -2.05. The Balaban J connectivity index is 2.14. The Hall–Kier alpha value is -2.04. The third-order valence-corrected chi connectivity index (χ3v) is 2.75. The van der Waals surface area contributed by atoms with E-state index in [9.17, 15) is 4.39 Å². The Bertz CT molecular complexity index is 531. The van der Waals surface area contributed by atoms with Crippen LogP contribution in [0.15, 0.2) is 24.3 Å². The van der Waals surface area contributed by atoms with Crippen molar-refractivity contribution in [3.05, 3.63) is 41.5 Å². The molecule has 18 heavy (non-hydrogen) atoms. The summed E-state index contributed by atoms with van der Waals surface area (Å²) in [5, 5.41) is 4.30. The van der Waals surface area contributed by atoms with Crippen LogP contribution in [0.3, 0.4) is 0 Å². The molecule has 4 nitrogen and oxygen atoms in total. The summed E-state index contributed by atoms with van der Waals surface area (Å²) in [6.07, 6.45) is 0.857. The number of benzene rings is 1. The molecule has 0 aliphatic heterocycles. The molecule has 0 saturated heterocycles. The van der Waals surface area contributed by atoms with E-state index >= 15 is 0 Å². The molecular weight excluding hydrogens is 233 g/mol. The highest BCUT2D eigenvalue weighted by Crippen LogP contribution is 2.25. The van der Waals surface area contributed by atoms with Crippen molar-refractivity contribution in [2.24, 2.45) is 7.05 Å². The number of ether oxygens (including phenoxy) is 1. The molecule has 5 heteroatoms. The van der Waals surface area contributed by atoms with Crippen LogP contribution in [0, 0.1) is 5.82 Å². The summed E-state index contributed by atoms with van der Waals surface area (Å²) < 4.78 is 20.7. The molecule has 1 heterocycles. The van der Waals surface area contributed by atoms with Crippen molar-refractivity contribution in [3.8, 4) is 5.75 Å². The maximum Gasteiger partial charge on any atom is 0.178 e. The first-order chi connectivity index (χ1) is 8.61. The number of nitrogen functional groups attached to an aromatic ring is 1. The van der Waals surface area contributed by atoms with Gasteiger partial charge in [-0.05, 0) is 24.6 Å². The van der Waals surface area contributed by atoms with Crippen molar-refractivity contribution in [3.63, 3.8) is 0 Å². The predicted molar refractivity (Wildman–Crippen MR) is 67.7 cm³/mol.